The highest BCUT2D eigenvalue weighted by molar-refractivity contribution is 6.35. The number of hydrogen-bond donors (Lipinski definition) is 1. The molecule has 1 N–H and O–H groups in total. The predicted octanol–water partition coefficient (Wildman–Crippen LogP) is 4.89. The lowest BCUT2D eigenvalue weighted by molar-refractivity contribution is -0.148. The van der Waals surface area contributed by atoms with Crippen molar-refractivity contribution in [2.75, 3.05) is 5.32 Å². The van der Waals surface area contributed by atoms with Gasteiger partial charge in [-0.3, -0.25) is 4.79 Å². The first-order chi connectivity index (χ1) is 11.8. The van der Waals surface area contributed by atoms with E-state index in [9.17, 15) is 9.59 Å². The Bertz CT molecular complexity index is 818. The van der Waals surface area contributed by atoms with Crippen molar-refractivity contribution in [3.05, 3.63) is 69.7 Å². The van der Waals surface area contributed by atoms with Gasteiger partial charge in [0.25, 0.3) is 5.91 Å². The normalized spacial score (nSPS) is 12.0. The summed E-state index contributed by atoms with van der Waals surface area (Å²) < 4.78 is 5.09. The van der Waals surface area contributed by atoms with E-state index in [-0.39, 0.29) is 0 Å². The largest absolute Gasteiger partial charge is 0.449 e. The maximum absolute atomic E-state index is 12.1. The zero-order valence-corrected chi connectivity index (χ0v) is 15.3. The van der Waals surface area contributed by atoms with E-state index in [0.717, 1.165) is 11.1 Å². The zero-order chi connectivity index (χ0) is 18.4. The van der Waals surface area contributed by atoms with Crippen LogP contribution in [0.15, 0.2) is 48.5 Å². The second-order valence-corrected chi connectivity index (χ2v) is 6.28. The number of amides is 1. The minimum atomic E-state index is -0.982. The molecule has 1 atom stereocenters. The van der Waals surface area contributed by atoms with Gasteiger partial charge in [0.05, 0.1) is 10.7 Å². The summed E-state index contributed by atoms with van der Waals surface area (Å²) >= 11 is 11.9. The van der Waals surface area contributed by atoms with Gasteiger partial charge < -0.3 is 10.1 Å². The van der Waals surface area contributed by atoms with Gasteiger partial charge in [0.15, 0.2) is 6.10 Å². The van der Waals surface area contributed by atoms with Gasteiger partial charge >= 0.3 is 5.97 Å². The number of carbonyl (C=O) groups is 2. The lowest BCUT2D eigenvalue weighted by Crippen LogP contribution is -2.29. The average molecular weight is 378 g/mol. The molecule has 0 saturated heterocycles. The van der Waals surface area contributed by atoms with Crippen molar-refractivity contribution in [3.63, 3.8) is 0 Å². The van der Waals surface area contributed by atoms with Crippen LogP contribution >= 0.6 is 23.2 Å². The summed E-state index contributed by atoms with van der Waals surface area (Å²) in [6.07, 6.45) is 1.93. The Hall–Kier alpha value is -2.30. The molecule has 2 rings (SSSR count). The van der Waals surface area contributed by atoms with Gasteiger partial charge in [0, 0.05) is 11.1 Å². The maximum Gasteiger partial charge on any atom is 0.331 e. The van der Waals surface area contributed by atoms with Crippen LogP contribution in [0.3, 0.4) is 0 Å². The van der Waals surface area contributed by atoms with Gasteiger partial charge in [-0.15, -0.1) is 0 Å². The fourth-order valence-corrected chi connectivity index (χ4v) is 2.37. The summed E-state index contributed by atoms with van der Waals surface area (Å²) in [6.45, 7) is 3.44. The fourth-order valence-electron chi connectivity index (χ4n) is 2.03. The third kappa shape index (κ3) is 5.93. The molecule has 0 radical (unpaired) electrons. The summed E-state index contributed by atoms with van der Waals surface area (Å²) in [5.74, 6) is -1.11. The number of ether oxygens (including phenoxy) is 1. The topological polar surface area (TPSA) is 55.4 Å². The second kappa shape index (κ2) is 8.70. The number of halogens is 2. The first-order valence-electron chi connectivity index (χ1n) is 7.56. The monoisotopic (exact) mass is 377 g/mol. The fraction of sp³-hybridized carbons (Fsp3) is 0.158. The number of anilines is 1. The Morgan fingerprint density at radius 1 is 1.16 bits per heavy atom. The van der Waals surface area contributed by atoms with Crippen LogP contribution in [0.4, 0.5) is 5.69 Å². The summed E-state index contributed by atoms with van der Waals surface area (Å²) in [6, 6.07) is 12.4. The molecular formula is C19H17Cl2NO3. The predicted molar refractivity (Wildman–Crippen MR) is 101 cm³/mol. The van der Waals surface area contributed by atoms with Crippen molar-refractivity contribution in [2.45, 2.75) is 20.0 Å². The minimum Gasteiger partial charge on any atom is -0.449 e. The van der Waals surface area contributed by atoms with Crippen LogP contribution < -0.4 is 5.32 Å². The smallest absolute Gasteiger partial charge is 0.331 e. The molecule has 6 heteroatoms. The summed E-state index contributed by atoms with van der Waals surface area (Å²) in [4.78, 5) is 24.0. The van der Waals surface area contributed by atoms with E-state index in [4.69, 9.17) is 27.9 Å². The summed E-state index contributed by atoms with van der Waals surface area (Å²) in [5, 5.41) is 3.36. The SMILES string of the molecule is Cc1cccc(/C=C/C(=O)O[C@@H](C)C(=O)Nc2cc(Cl)ccc2Cl)c1. The third-order valence-electron chi connectivity index (χ3n) is 3.30. The van der Waals surface area contributed by atoms with E-state index < -0.39 is 18.0 Å². The highest BCUT2D eigenvalue weighted by Gasteiger charge is 2.17. The molecule has 1 amide bonds. The van der Waals surface area contributed by atoms with Crippen LogP contribution in [0.2, 0.25) is 10.0 Å². The van der Waals surface area contributed by atoms with Crippen molar-refractivity contribution in [3.8, 4) is 0 Å². The molecule has 2 aromatic rings. The van der Waals surface area contributed by atoms with Gasteiger partial charge in [-0.1, -0.05) is 53.0 Å². The van der Waals surface area contributed by atoms with Crippen molar-refractivity contribution < 1.29 is 14.3 Å². The first-order valence-corrected chi connectivity index (χ1v) is 8.32. The molecule has 0 spiro atoms. The van der Waals surface area contributed by atoms with Crippen LogP contribution in [0, 0.1) is 6.92 Å². The van der Waals surface area contributed by atoms with E-state index in [1.807, 2.05) is 31.2 Å². The Morgan fingerprint density at radius 3 is 2.64 bits per heavy atom. The molecule has 0 aliphatic rings. The highest BCUT2D eigenvalue weighted by atomic mass is 35.5. The lowest BCUT2D eigenvalue weighted by Gasteiger charge is -2.13. The van der Waals surface area contributed by atoms with Crippen LogP contribution in [0.1, 0.15) is 18.1 Å². The van der Waals surface area contributed by atoms with E-state index >= 15 is 0 Å². The van der Waals surface area contributed by atoms with Gasteiger partial charge in [0.1, 0.15) is 0 Å². The maximum atomic E-state index is 12.1. The molecule has 130 valence electrons. The molecular weight excluding hydrogens is 361 g/mol. The zero-order valence-electron chi connectivity index (χ0n) is 13.8. The molecule has 0 aliphatic heterocycles. The van der Waals surface area contributed by atoms with Crippen molar-refractivity contribution >= 4 is 46.8 Å². The lowest BCUT2D eigenvalue weighted by atomic mass is 10.1. The third-order valence-corrected chi connectivity index (χ3v) is 3.87. The minimum absolute atomic E-state index is 0.343. The van der Waals surface area contributed by atoms with Crippen molar-refractivity contribution in [1.29, 1.82) is 0 Å². The number of esters is 1. The number of benzene rings is 2. The molecule has 0 aliphatic carbocycles. The highest BCUT2D eigenvalue weighted by Crippen LogP contribution is 2.25. The Morgan fingerprint density at radius 2 is 1.92 bits per heavy atom. The van der Waals surface area contributed by atoms with E-state index in [0.29, 0.717) is 15.7 Å². The average Bonchev–Trinajstić information content (AvgIpc) is 2.56. The van der Waals surface area contributed by atoms with Crippen LogP contribution in [-0.2, 0) is 14.3 Å². The molecule has 0 bridgehead atoms. The number of nitrogens with one attached hydrogen (secondary N) is 1. The van der Waals surface area contributed by atoms with Gasteiger partial charge in [-0.25, -0.2) is 4.79 Å². The molecule has 0 aromatic heterocycles. The van der Waals surface area contributed by atoms with Crippen LogP contribution in [0.5, 0.6) is 0 Å². The number of aryl methyl sites for hydroxylation is 1. The van der Waals surface area contributed by atoms with Gasteiger partial charge in [0.2, 0.25) is 0 Å². The van der Waals surface area contributed by atoms with E-state index in [2.05, 4.69) is 5.32 Å². The number of hydrogen-bond acceptors (Lipinski definition) is 3. The van der Waals surface area contributed by atoms with E-state index in [1.165, 1.54) is 19.1 Å². The van der Waals surface area contributed by atoms with Gasteiger partial charge in [-0.05, 0) is 43.7 Å². The molecule has 0 heterocycles. The molecule has 0 saturated carbocycles. The van der Waals surface area contributed by atoms with Crippen LogP contribution in [0.25, 0.3) is 6.08 Å². The molecule has 25 heavy (non-hydrogen) atoms. The standard InChI is InChI=1S/C19H17Cl2NO3/c1-12-4-3-5-14(10-12)6-9-18(23)25-13(2)19(24)22-17-11-15(20)7-8-16(17)21/h3-11,13H,1-2H3,(H,22,24)/b9-6+/t13-/m0/s1. The Balaban J connectivity index is 1.94. The first kappa shape index (κ1) is 19.0. The van der Waals surface area contributed by atoms with Crippen LogP contribution in [-0.4, -0.2) is 18.0 Å². The molecule has 0 fully saturated rings. The quantitative estimate of drug-likeness (QED) is 0.596. The summed E-state index contributed by atoms with van der Waals surface area (Å²) in [7, 11) is 0. The summed E-state index contributed by atoms with van der Waals surface area (Å²) in [5.41, 5.74) is 2.32. The Kier molecular flexibility index (Phi) is 6.62. The molecule has 2 aromatic carbocycles. The number of carbonyl (C=O) groups excluding carboxylic acids is 2. The van der Waals surface area contributed by atoms with Gasteiger partial charge in [-0.2, -0.15) is 0 Å². The second-order valence-electron chi connectivity index (χ2n) is 5.44. The Labute approximate surface area is 156 Å². The van der Waals surface area contributed by atoms with E-state index in [1.54, 1.807) is 18.2 Å². The molecule has 4 nitrogen and oxygen atoms in total. The molecule has 0 unspecified atom stereocenters. The van der Waals surface area contributed by atoms with Crippen molar-refractivity contribution in [1.82, 2.24) is 0 Å². The van der Waals surface area contributed by atoms with Crippen molar-refractivity contribution in [2.24, 2.45) is 0 Å². The number of rotatable bonds is 5.